The van der Waals surface area contributed by atoms with E-state index in [0.29, 0.717) is 6.54 Å². The molecule has 3 rings (SSSR count). The Morgan fingerprint density at radius 1 is 1.39 bits per heavy atom. The van der Waals surface area contributed by atoms with Gasteiger partial charge in [-0.25, -0.2) is 0 Å². The standard InChI is InChI=1S/C18H20N2O3/c1-12-5-4-8-19-17(12)15-7-3-6-13-9-14(23-18(13)15)10-20-16(21)11-22-2/h3-8,14H,9-11H2,1-2H3,(H,20,21)/t14-/m0/s1. The number of para-hydroxylation sites is 1. The van der Waals surface area contributed by atoms with E-state index in [4.69, 9.17) is 9.47 Å². The van der Waals surface area contributed by atoms with Gasteiger partial charge in [0.05, 0.1) is 12.2 Å². The molecule has 0 saturated heterocycles. The molecule has 1 aliphatic heterocycles. The van der Waals surface area contributed by atoms with Crippen LogP contribution in [0.1, 0.15) is 11.1 Å². The number of rotatable bonds is 5. The highest BCUT2D eigenvalue weighted by molar-refractivity contribution is 5.77. The number of pyridine rings is 1. The van der Waals surface area contributed by atoms with Gasteiger partial charge in [0.1, 0.15) is 18.5 Å². The van der Waals surface area contributed by atoms with Crippen molar-refractivity contribution >= 4 is 5.91 Å². The van der Waals surface area contributed by atoms with E-state index in [1.165, 1.54) is 7.11 Å². The lowest BCUT2D eigenvalue weighted by atomic mass is 10.0. The number of fused-ring (bicyclic) bond motifs is 1. The van der Waals surface area contributed by atoms with Crippen molar-refractivity contribution < 1.29 is 14.3 Å². The zero-order chi connectivity index (χ0) is 16.2. The van der Waals surface area contributed by atoms with Gasteiger partial charge in [0.2, 0.25) is 5.91 Å². The third kappa shape index (κ3) is 3.35. The average Bonchev–Trinajstić information content (AvgIpc) is 2.97. The van der Waals surface area contributed by atoms with Crippen molar-refractivity contribution in [1.82, 2.24) is 10.3 Å². The fraction of sp³-hybridized carbons (Fsp3) is 0.333. The fourth-order valence-corrected chi connectivity index (χ4v) is 2.82. The molecule has 5 nitrogen and oxygen atoms in total. The first-order valence-corrected chi connectivity index (χ1v) is 7.65. The second-order valence-corrected chi connectivity index (χ2v) is 5.64. The summed E-state index contributed by atoms with van der Waals surface area (Å²) in [6.07, 6.45) is 2.51. The number of hydrogen-bond donors (Lipinski definition) is 1. The Morgan fingerprint density at radius 2 is 2.26 bits per heavy atom. The highest BCUT2D eigenvalue weighted by atomic mass is 16.5. The number of amides is 1. The monoisotopic (exact) mass is 312 g/mol. The van der Waals surface area contributed by atoms with E-state index in [2.05, 4.69) is 16.4 Å². The normalized spacial score (nSPS) is 15.8. The van der Waals surface area contributed by atoms with E-state index in [1.54, 1.807) is 6.20 Å². The number of methoxy groups -OCH3 is 1. The number of aromatic nitrogens is 1. The maximum absolute atomic E-state index is 11.5. The van der Waals surface area contributed by atoms with E-state index in [9.17, 15) is 4.79 Å². The molecule has 0 radical (unpaired) electrons. The first-order valence-electron chi connectivity index (χ1n) is 7.65. The summed E-state index contributed by atoms with van der Waals surface area (Å²) in [4.78, 5) is 16.0. The second kappa shape index (κ2) is 6.79. The lowest BCUT2D eigenvalue weighted by Gasteiger charge is -2.14. The maximum atomic E-state index is 11.5. The first-order chi connectivity index (χ1) is 11.2. The second-order valence-electron chi connectivity index (χ2n) is 5.64. The molecule has 1 atom stereocenters. The number of aryl methyl sites for hydroxylation is 1. The van der Waals surface area contributed by atoms with Crippen molar-refractivity contribution in [2.45, 2.75) is 19.4 Å². The maximum Gasteiger partial charge on any atom is 0.246 e. The predicted octanol–water partition coefficient (Wildman–Crippen LogP) is 2.12. The smallest absolute Gasteiger partial charge is 0.246 e. The van der Waals surface area contributed by atoms with Gasteiger partial charge in [0, 0.05) is 25.3 Å². The number of nitrogens with one attached hydrogen (secondary N) is 1. The Hall–Kier alpha value is -2.40. The van der Waals surface area contributed by atoms with Crippen molar-refractivity contribution in [2.75, 3.05) is 20.3 Å². The highest BCUT2D eigenvalue weighted by Gasteiger charge is 2.26. The third-order valence-electron chi connectivity index (χ3n) is 3.90. The Balaban J connectivity index is 1.77. The van der Waals surface area contributed by atoms with E-state index >= 15 is 0 Å². The molecule has 1 amide bonds. The van der Waals surface area contributed by atoms with Gasteiger partial charge in [-0.1, -0.05) is 18.2 Å². The number of nitrogens with zero attached hydrogens (tertiary/aromatic N) is 1. The third-order valence-corrected chi connectivity index (χ3v) is 3.90. The van der Waals surface area contributed by atoms with Crippen LogP contribution < -0.4 is 10.1 Å². The molecule has 0 fully saturated rings. The summed E-state index contributed by atoms with van der Waals surface area (Å²) >= 11 is 0. The molecule has 0 aliphatic carbocycles. The summed E-state index contributed by atoms with van der Waals surface area (Å²) in [5.74, 6) is 0.744. The first kappa shape index (κ1) is 15.5. The minimum Gasteiger partial charge on any atom is -0.487 e. The van der Waals surface area contributed by atoms with Gasteiger partial charge >= 0.3 is 0 Å². The molecule has 0 spiro atoms. The van der Waals surface area contributed by atoms with Gasteiger partial charge in [-0.2, -0.15) is 0 Å². The van der Waals surface area contributed by atoms with Crippen LogP contribution in [0.3, 0.4) is 0 Å². The molecule has 0 unspecified atom stereocenters. The van der Waals surface area contributed by atoms with Gasteiger partial charge in [0.25, 0.3) is 0 Å². The molecule has 2 aromatic rings. The minimum absolute atomic E-state index is 0.0593. The van der Waals surface area contributed by atoms with E-state index < -0.39 is 0 Å². The molecular weight excluding hydrogens is 292 g/mol. The van der Waals surface area contributed by atoms with Crippen molar-refractivity contribution in [1.29, 1.82) is 0 Å². The van der Waals surface area contributed by atoms with Crippen LogP contribution in [-0.4, -0.2) is 37.3 Å². The molecule has 1 aliphatic rings. The van der Waals surface area contributed by atoms with Crippen LogP contribution in [0, 0.1) is 6.92 Å². The van der Waals surface area contributed by atoms with Crippen LogP contribution in [-0.2, 0) is 16.0 Å². The summed E-state index contributed by atoms with van der Waals surface area (Å²) in [5, 5.41) is 2.83. The summed E-state index contributed by atoms with van der Waals surface area (Å²) in [5.41, 5.74) is 4.21. The molecular formula is C18H20N2O3. The molecule has 2 heterocycles. The molecule has 120 valence electrons. The zero-order valence-corrected chi connectivity index (χ0v) is 13.3. The Kier molecular flexibility index (Phi) is 4.57. The van der Waals surface area contributed by atoms with Gasteiger partial charge in [0.15, 0.2) is 0 Å². The Bertz CT molecular complexity index is 715. The fourth-order valence-electron chi connectivity index (χ4n) is 2.82. The lowest BCUT2D eigenvalue weighted by Crippen LogP contribution is -2.36. The van der Waals surface area contributed by atoms with Gasteiger partial charge < -0.3 is 14.8 Å². The van der Waals surface area contributed by atoms with E-state index in [0.717, 1.165) is 34.6 Å². The van der Waals surface area contributed by atoms with E-state index in [1.807, 2.05) is 31.2 Å². The summed E-state index contributed by atoms with van der Waals surface area (Å²) in [7, 11) is 1.50. The highest BCUT2D eigenvalue weighted by Crippen LogP contribution is 2.38. The molecule has 1 aromatic carbocycles. The quantitative estimate of drug-likeness (QED) is 0.919. The topological polar surface area (TPSA) is 60.5 Å². The Morgan fingerprint density at radius 3 is 3.04 bits per heavy atom. The van der Waals surface area contributed by atoms with Crippen LogP contribution >= 0.6 is 0 Å². The SMILES string of the molecule is COCC(=O)NC[C@@H]1Cc2cccc(-c3ncccc3C)c2O1. The lowest BCUT2D eigenvalue weighted by molar-refractivity contribution is -0.125. The summed E-state index contributed by atoms with van der Waals surface area (Å²) in [6.45, 7) is 2.58. The Labute approximate surface area is 135 Å². The summed E-state index contributed by atoms with van der Waals surface area (Å²) < 4.78 is 10.9. The van der Waals surface area contributed by atoms with Gasteiger partial charge in [-0.15, -0.1) is 0 Å². The van der Waals surface area contributed by atoms with Crippen LogP contribution in [0.2, 0.25) is 0 Å². The number of benzene rings is 1. The molecule has 0 saturated carbocycles. The number of carbonyl (C=O) groups excluding carboxylic acids is 1. The van der Waals surface area contributed by atoms with Crippen LogP contribution in [0.4, 0.5) is 0 Å². The van der Waals surface area contributed by atoms with Crippen LogP contribution in [0.15, 0.2) is 36.5 Å². The number of hydrogen-bond acceptors (Lipinski definition) is 4. The van der Waals surface area contributed by atoms with Crippen molar-refractivity contribution in [3.05, 3.63) is 47.7 Å². The van der Waals surface area contributed by atoms with Gasteiger partial charge in [-0.05, 0) is 30.2 Å². The number of ether oxygens (including phenoxy) is 2. The molecule has 0 bridgehead atoms. The minimum atomic E-state index is -0.132. The summed E-state index contributed by atoms with van der Waals surface area (Å²) in [6, 6.07) is 10.1. The molecule has 1 N–H and O–H groups in total. The van der Waals surface area contributed by atoms with Crippen molar-refractivity contribution in [3.8, 4) is 17.0 Å². The van der Waals surface area contributed by atoms with Crippen molar-refractivity contribution in [2.24, 2.45) is 0 Å². The largest absolute Gasteiger partial charge is 0.487 e. The molecule has 1 aromatic heterocycles. The van der Waals surface area contributed by atoms with E-state index in [-0.39, 0.29) is 18.6 Å². The predicted molar refractivity (Wildman–Crippen MR) is 87.4 cm³/mol. The van der Waals surface area contributed by atoms with Crippen LogP contribution in [0.25, 0.3) is 11.3 Å². The zero-order valence-electron chi connectivity index (χ0n) is 13.3. The number of carbonyl (C=O) groups is 1. The van der Waals surface area contributed by atoms with Crippen molar-refractivity contribution in [3.63, 3.8) is 0 Å². The molecule has 23 heavy (non-hydrogen) atoms. The average molecular weight is 312 g/mol. The van der Waals surface area contributed by atoms with Gasteiger partial charge in [-0.3, -0.25) is 9.78 Å². The van der Waals surface area contributed by atoms with Crippen LogP contribution in [0.5, 0.6) is 5.75 Å². The molecule has 5 heteroatoms.